The lowest BCUT2D eigenvalue weighted by Gasteiger charge is -2.07. The first-order chi connectivity index (χ1) is 11.0. The molecule has 0 aliphatic heterocycles. The SMILES string of the molecule is Cc1ccc([N+](=O)[O-])c(OCc2cc(=O)n3c(C)csc3n2)c1. The van der Waals surface area contributed by atoms with Crippen LogP contribution in [0.4, 0.5) is 5.69 Å². The number of hydrogen-bond donors (Lipinski definition) is 0. The van der Waals surface area contributed by atoms with Gasteiger partial charge >= 0.3 is 5.69 Å². The molecule has 1 aromatic carbocycles. The van der Waals surface area contributed by atoms with E-state index in [0.29, 0.717) is 10.7 Å². The summed E-state index contributed by atoms with van der Waals surface area (Å²) in [7, 11) is 0. The number of aromatic nitrogens is 2. The summed E-state index contributed by atoms with van der Waals surface area (Å²) < 4.78 is 7.05. The molecule has 0 bridgehead atoms. The highest BCUT2D eigenvalue weighted by Gasteiger charge is 2.15. The molecule has 0 spiro atoms. The molecule has 0 unspecified atom stereocenters. The third-order valence-corrected chi connectivity index (χ3v) is 4.26. The maximum atomic E-state index is 12.1. The predicted octanol–water partition coefficient (Wildman–Crippen LogP) is 2.86. The number of ether oxygens (including phenoxy) is 1. The van der Waals surface area contributed by atoms with Gasteiger partial charge in [0.1, 0.15) is 6.61 Å². The van der Waals surface area contributed by atoms with Crippen LogP contribution in [0.2, 0.25) is 0 Å². The van der Waals surface area contributed by atoms with Crippen molar-refractivity contribution in [3.05, 3.63) is 67.1 Å². The number of nitro groups is 1. The van der Waals surface area contributed by atoms with Crippen LogP contribution in [0.1, 0.15) is 17.0 Å². The fourth-order valence-electron chi connectivity index (χ4n) is 2.21. The molecule has 7 nitrogen and oxygen atoms in total. The van der Waals surface area contributed by atoms with Crippen molar-refractivity contribution in [2.75, 3.05) is 0 Å². The summed E-state index contributed by atoms with van der Waals surface area (Å²) in [5.74, 6) is 0.166. The van der Waals surface area contributed by atoms with Gasteiger partial charge in [-0.25, -0.2) is 4.98 Å². The molecule has 3 aromatic rings. The molecule has 0 aliphatic carbocycles. The largest absolute Gasteiger partial charge is 0.480 e. The van der Waals surface area contributed by atoms with Gasteiger partial charge in [0, 0.05) is 23.2 Å². The standard InChI is InChI=1S/C15H13N3O4S/c1-9-3-4-12(18(20)21)13(5-9)22-7-11-6-14(19)17-10(2)8-23-15(17)16-11/h3-6,8H,7H2,1-2H3. The Hall–Kier alpha value is -2.74. The minimum atomic E-state index is -0.497. The van der Waals surface area contributed by atoms with Crippen molar-refractivity contribution in [2.24, 2.45) is 0 Å². The molecule has 118 valence electrons. The molecule has 0 amide bonds. The van der Waals surface area contributed by atoms with E-state index in [1.807, 2.05) is 19.2 Å². The number of nitrogens with zero attached hydrogens (tertiary/aromatic N) is 3. The number of fused-ring (bicyclic) bond motifs is 1. The second-order valence-corrected chi connectivity index (χ2v) is 5.93. The molecule has 0 radical (unpaired) electrons. The fraction of sp³-hybridized carbons (Fsp3) is 0.200. The van der Waals surface area contributed by atoms with E-state index in [2.05, 4.69) is 4.98 Å². The summed E-state index contributed by atoms with van der Waals surface area (Å²) in [5.41, 5.74) is 1.81. The van der Waals surface area contributed by atoms with Crippen LogP contribution in [0, 0.1) is 24.0 Å². The van der Waals surface area contributed by atoms with Crippen molar-refractivity contribution < 1.29 is 9.66 Å². The van der Waals surface area contributed by atoms with E-state index < -0.39 is 4.92 Å². The van der Waals surface area contributed by atoms with E-state index in [9.17, 15) is 14.9 Å². The molecular weight excluding hydrogens is 318 g/mol. The number of hydrogen-bond acceptors (Lipinski definition) is 6. The molecular formula is C15H13N3O4S. The lowest BCUT2D eigenvalue weighted by Crippen LogP contribution is -2.16. The van der Waals surface area contributed by atoms with E-state index in [0.717, 1.165) is 11.3 Å². The lowest BCUT2D eigenvalue weighted by atomic mass is 10.2. The Morgan fingerprint density at radius 1 is 1.35 bits per heavy atom. The third kappa shape index (κ3) is 2.93. The molecule has 23 heavy (non-hydrogen) atoms. The minimum absolute atomic E-state index is 0.00696. The first kappa shape index (κ1) is 15.2. The Bertz CT molecular complexity index is 961. The predicted molar refractivity (Wildman–Crippen MR) is 86.2 cm³/mol. The van der Waals surface area contributed by atoms with Crippen LogP contribution in [-0.4, -0.2) is 14.3 Å². The molecule has 0 aliphatic rings. The van der Waals surface area contributed by atoms with Crippen molar-refractivity contribution in [2.45, 2.75) is 20.5 Å². The monoisotopic (exact) mass is 331 g/mol. The smallest absolute Gasteiger partial charge is 0.310 e. The van der Waals surface area contributed by atoms with Crippen molar-refractivity contribution in [1.82, 2.24) is 9.38 Å². The summed E-state index contributed by atoms with van der Waals surface area (Å²) >= 11 is 1.36. The van der Waals surface area contributed by atoms with Gasteiger partial charge in [-0.2, -0.15) is 0 Å². The zero-order chi connectivity index (χ0) is 16.6. The van der Waals surface area contributed by atoms with Gasteiger partial charge in [0.05, 0.1) is 10.6 Å². The molecule has 2 aromatic heterocycles. The third-order valence-electron chi connectivity index (χ3n) is 3.32. The van der Waals surface area contributed by atoms with Crippen LogP contribution in [0.25, 0.3) is 4.96 Å². The minimum Gasteiger partial charge on any atom is -0.480 e. The summed E-state index contributed by atoms with van der Waals surface area (Å²) in [5, 5.41) is 12.9. The van der Waals surface area contributed by atoms with Gasteiger partial charge in [-0.15, -0.1) is 11.3 Å². The highest BCUT2D eigenvalue weighted by molar-refractivity contribution is 7.15. The molecule has 3 rings (SSSR count). The quantitative estimate of drug-likeness (QED) is 0.542. The Balaban J connectivity index is 1.91. The van der Waals surface area contributed by atoms with Gasteiger partial charge in [0.2, 0.25) is 0 Å². The fourth-order valence-corrected chi connectivity index (χ4v) is 3.11. The molecule has 0 N–H and O–H groups in total. The first-order valence-corrected chi connectivity index (χ1v) is 7.68. The van der Waals surface area contributed by atoms with Crippen LogP contribution in [0.5, 0.6) is 5.75 Å². The second-order valence-electron chi connectivity index (χ2n) is 5.10. The molecule has 0 saturated carbocycles. The average Bonchev–Trinajstić information content (AvgIpc) is 2.86. The summed E-state index contributed by atoms with van der Waals surface area (Å²) in [6.07, 6.45) is 0. The Morgan fingerprint density at radius 3 is 2.87 bits per heavy atom. The number of rotatable bonds is 4. The van der Waals surface area contributed by atoms with Gasteiger partial charge < -0.3 is 4.74 Å². The summed E-state index contributed by atoms with van der Waals surface area (Å²) in [6, 6.07) is 6.03. The molecule has 0 saturated heterocycles. The van der Waals surface area contributed by atoms with Crippen molar-refractivity contribution >= 4 is 22.0 Å². The topological polar surface area (TPSA) is 86.7 Å². The highest BCUT2D eigenvalue weighted by atomic mass is 32.1. The number of aryl methyl sites for hydroxylation is 2. The summed E-state index contributed by atoms with van der Waals surface area (Å²) in [4.78, 5) is 27.6. The van der Waals surface area contributed by atoms with E-state index in [4.69, 9.17) is 4.74 Å². The average molecular weight is 331 g/mol. The Labute approximate surface area is 135 Å². The van der Waals surface area contributed by atoms with Crippen LogP contribution in [0.15, 0.2) is 34.4 Å². The van der Waals surface area contributed by atoms with Crippen LogP contribution in [0.3, 0.4) is 0 Å². The van der Waals surface area contributed by atoms with Gasteiger partial charge in [-0.3, -0.25) is 19.3 Å². The first-order valence-electron chi connectivity index (χ1n) is 6.80. The zero-order valence-corrected chi connectivity index (χ0v) is 13.3. The van der Waals surface area contributed by atoms with Gasteiger partial charge in [0.25, 0.3) is 5.56 Å². The second kappa shape index (κ2) is 5.81. The van der Waals surface area contributed by atoms with Crippen molar-refractivity contribution in [1.29, 1.82) is 0 Å². The lowest BCUT2D eigenvalue weighted by molar-refractivity contribution is -0.386. The van der Waals surface area contributed by atoms with Gasteiger partial charge in [-0.1, -0.05) is 6.07 Å². The van der Waals surface area contributed by atoms with E-state index >= 15 is 0 Å². The van der Waals surface area contributed by atoms with Crippen LogP contribution in [-0.2, 0) is 6.61 Å². The number of nitro benzene ring substituents is 1. The normalized spacial score (nSPS) is 10.9. The number of thiazole rings is 1. The number of benzene rings is 1. The van der Waals surface area contributed by atoms with Gasteiger partial charge in [0.15, 0.2) is 10.7 Å². The maximum Gasteiger partial charge on any atom is 0.310 e. The van der Waals surface area contributed by atoms with Crippen molar-refractivity contribution in [3.63, 3.8) is 0 Å². The van der Waals surface area contributed by atoms with E-state index in [1.165, 1.54) is 27.9 Å². The van der Waals surface area contributed by atoms with Crippen LogP contribution >= 0.6 is 11.3 Å². The molecule has 0 atom stereocenters. The van der Waals surface area contributed by atoms with Gasteiger partial charge in [-0.05, 0) is 25.5 Å². The Morgan fingerprint density at radius 2 is 2.13 bits per heavy atom. The van der Waals surface area contributed by atoms with Crippen LogP contribution < -0.4 is 10.3 Å². The molecule has 2 heterocycles. The maximum absolute atomic E-state index is 12.1. The zero-order valence-electron chi connectivity index (χ0n) is 12.5. The van der Waals surface area contributed by atoms with Crippen molar-refractivity contribution in [3.8, 4) is 5.75 Å². The molecule has 0 fully saturated rings. The Kier molecular flexibility index (Phi) is 3.83. The highest BCUT2D eigenvalue weighted by Crippen LogP contribution is 2.28. The van der Waals surface area contributed by atoms with E-state index in [1.54, 1.807) is 12.1 Å². The van der Waals surface area contributed by atoms with E-state index in [-0.39, 0.29) is 23.6 Å². The molecule has 8 heteroatoms. The summed E-state index contributed by atoms with van der Waals surface area (Å²) in [6.45, 7) is 3.65.